The Labute approximate surface area is 153 Å². The zero-order chi connectivity index (χ0) is 18.1. The van der Waals surface area contributed by atoms with Crippen molar-refractivity contribution >= 4 is 5.96 Å². The molecule has 0 amide bonds. The summed E-state index contributed by atoms with van der Waals surface area (Å²) in [4.78, 5) is 7.39. The Balaban J connectivity index is 1.93. The third-order valence-electron chi connectivity index (χ3n) is 4.88. The lowest BCUT2D eigenvalue weighted by Gasteiger charge is -2.34. The highest BCUT2D eigenvalue weighted by atomic mass is 15.2. The molecule has 1 aromatic heterocycles. The minimum atomic E-state index is 0.556. The van der Waals surface area contributed by atoms with E-state index in [2.05, 4.69) is 41.4 Å². The van der Waals surface area contributed by atoms with Gasteiger partial charge in [-0.25, -0.2) is 4.99 Å². The van der Waals surface area contributed by atoms with Gasteiger partial charge >= 0.3 is 0 Å². The first-order valence-corrected chi connectivity index (χ1v) is 9.84. The maximum absolute atomic E-state index is 4.71. The van der Waals surface area contributed by atoms with Crippen molar-refractivity contribution in [1.29, 1.82) is 0 Å². The molecule has 0 radical (unpaired) electrons. The van der Waals surface area contributed by atoms with Crippen LogP contribution in [-0.2, 0) is 13.6 Å². The Morgan fingerprint density at radius 1 is 1.20 bits per heavy atom. The molecule has 1 saturated heterocycles. The SMILES string of the molecule is CCNC(=NCc1cnn(C)c1)NCC(C(C)C)N1CCCCCC1. The van der Waals surface area contributed by atoms with Crippen molar-refractivity contribution in [3.05, 3.63) is 18.0 Å². The number of aromatic nitrogens is 2. The van der Waals surface area contributed by atoms with Gasteiger partial charge in [0.2, 0.25) is 0 Å². The van der Waals surface area contributed by atoms with Crippen LogP contribution in [0, 0.1) is 5.92 Å². The van der Waals surface area contributed by atoms with Crippen LogP contribution in [0.15, 0.2) is 17.4 Å². The molecule has 142 valence electrons. The molecule has 6 heteroatoms. The van der Waals surface area contributed by atoms with Gasteiger partial charge in [0.25, 0.3) is 0 Å². The molecule has 0 aliphatic carbocycles. The molecule has 2 rings (SSSR count). The number of hydrogen-bond donors (Lipinski definition) is 2. The van der Waals surface area contributed by atoms with E-state index in [1.54, 1.807) is 0 Å². The average Bonchev–Trinajstić information content (AvgIpc) is 2.83. The first-order valence-electron chi connectivity index (χ1n) is 9.84. The summed E-state index contributed by atoms with van der Waals surface area (Å²) in [5.74, 6) is 1.53. The highest BCUT2D eigenvalue weighted by molar-refractivity contribution is 5.79. The van der Waals surface area contributed by atoms with Crippen LogP contribution in [-0.4, -0.2) is 52.9 Å². The van der Waals surface area contributed by atoms with Gasteiger partial charge in [-0.2, -0.15) is 5.10 Å². The minimum absolute atomic E-state index is 0.556. The van der Waals surface area contributed by atoms with Gasteiger partial charge in [0, 0.05) is 37.9 Å². The van der Waals surface area contributed by atoms with E-state index in [0.717, 1.165) is 24.6 Å². The molecule has 1 unspecified atom stereocenters. The van der Waals surface area contributed by atoms with E-state index in [1.807, 2.05) is 24.1 Å². The van der Waals surface area contributed by atoms with E-state index in [4.69, 9.17) is 4.99 Å². The number of likely N-dealkylation sites (tertiary alicyclic amines) is 1. The highest BCUT2D eigenvalue weighted by Gasteiger charge is 2.22. The van der Waals surface area contributed by atoms with Crippen LogP contribution >= 0.6 is 0 Å². The summed E-state index contributed by atoms with van der Waals surface area (Å²) in [6, 6.07) is 0.556. The highest BCUT2D eigenvalue weighted by Crippen LogP contribution is 2.17. The van der Waals surface area contributed by atoms with E-state index in [1.165, 1.54) is 38.8 Å². The second kappa shape index (κ2) is 10.4. The number of hydrogen-bond acceptors (Lipinski definition) is 3. The molecule has 1 aliphatic heterocycles. The number of guanidine groups is 1. The summed E-state index contributed by atoms with van der Waals surface area (Å²) in [7, 11) is 1.94. The Hall–Kier alpha value is -1.56. The van der Waals surface area contributed by atoms with E-state index in [-0.39, 0.29) is 0 Å². The fourth-order valence-electron chi connectivity index (χ4n) is 3.48. The standard InChI is InChI=1S/C19H36N6/c1-5-20-19(21-12-17-13-23-24(4)15-17)22-14-18(16(2)3)25-10-8-6-7-9-11-25/h13,15-16,18H,5-12,14H2,1-4H3,(H2,20,21,22). The van der Waals surface area contributed by atoms with E-state index >= 15 is 0 Å². The Bertz CT molecular complexity index is 514. The molecule has 0 bridgehead atoms. The lowest BCUT2D eigenvalue weighted by molar-refractivity contribution is 0.161. The second-order valence-electron chi connectivity index (χ2n) is 7.36. The maximum Gasteiger partial charge on any atom is 0.191 e. The number of nitrogens with zero attached hydrogens (tertiary/aromatic N) is 4. The van der Waals surface area contributed by atoms with Gasteiger partial charge < -0.3 is 10.6 Å². The van der Waals surface area contributed by atoms with Crippen molar-refractivity contribution in [3.63, 3.8) is 0 Å². The van der Waals surface area contributed by atoms with Gasteiger partial charge in [-0.3, -0.25) is 9.58 Å². The number of aliphatic imine (C=N–C) groups is 1. The molecule has 0 aromatic carbocycles. The van der Waals surface area contributed by atoms with E-state index < -0.39 is 0 Å². The van der Waals surface area contributed by atoms with Gasteiger partial charge in [-0.15, -0.1) is 0 Å². The van der Waals surface area contributed by atoms with Gasteiger partial charge in [-0.1, -0.05) is 26.7 Å². The van der Waals surface area contributed by atoms with Gasteiger partial charge in [0.15, 0.2) is 5.96 Å². The van der Waals surface area contributed by atoms with Gasteiger partial charge in [0.05, 0.1) is 12.7 Å². The predicted molar refractivity (Wildman–Crippen MR) is 105 cm³/mol. The van der Waals surface area contributed by atoms with Crippen LogP contribution in [0.4, 0.5) is 0 Å². The lowest BCUT2D eigenvalue weighted by atomic mass is 10.0. The van der Waals surface area contributed by atoms with Crippen molar-refractivity contribution in [3.8, 4) is 0 Å². The van der Waals surface area contributed by atoms with Crippen molar-refractivity contribution in [2.24, 2.45) is 18.0 Å². The summed E-state index contributed by atoms with van der Waals surface area (Å²) >= 11 is 0. The molecule has 1 atom stereocenters. The summed E-state index contributed by atoms with van der Waals surface area (Å²) in [5, 5.41) is 11.1. The molecule has 2 N–H and O–H groups in total. The van der Waals surface area contributed by atoms with Crippen LogP contribution < -0.4 is 10.6 Å². The summed E-state index contributed by atoms with van der Waals surface area (Å²) < 4.78 is 1.82. The van der Waals surface area contributed by atoms with Crippen LogP contribution in [0.5, 0.6) is 0 Å². The first-order chi connectivity index (χ1) is 12.1. The van der Waals surface area contributed by atoms with Gasteiger partial charge in [0.1, 0.15) is 0 Å². The molecular weight excluding hydrogens is 312 g/mol. The number of rotatable bonds is 7. The smallest absolute Gasteiger partial charge is 0.191 e. The topological polar surface area (TPSA) is 57.5 Å². The Morgan fingerprint density at radius 3 is 2.48 bits per heavy atom. The van der Waals surface area contributed by atoms with E-state index in [9.17, 15) is 0 Å². The van der Waals surface area contributed by atoms with Gasteiger partial charge in [-0.05, 0) is 38.8 Å². The number of aryl methyl sites for hydroxylation is 1. The quantitative estimate of drug-likeness (QED) is 0.587. The van der Waals surface area contributed by atoms with Crippen LogP contribution in [0.1, 0.15) is 52.0 Å². The normalized spacial score (nSPS) is 18.2. The number of nitrogens with one attached hydrogen (secondary N) is 2. The maximum atomic E-state index is 4.71. The molecular formula is C19H36N6. The predicted octanol–water partition coefficient (Wildman–Crippen LogP) is 2.38. The van der Waals surface area contributed by atoms with Crippen molar-refractivity contribution in [1.82, 2.24) is 25.3 Å². The van der Waals surface area contributed by atoms with Crippen molar-refractivity contribution < 1.29 is 0 Å². The Kier molecular flexibility index (Phi) is 8.25. The lowest BCUT2D eigenvalue weighted by Crippen LogP contribution is -2.49. The largest absolute Gasteiger partial charge is 0.357 e. The zero-order valence-corrected chi connectivity index (χ0v) is 16.5. The third kappa shape index (κ3) is 6.69. The van der Waals surface area contributed by atoms with Crippen molar-refractivity contribution in [2.75, 3.05) is 26.2 Å². The molecule has 1 fully saturated rings. The minimum Gasteiger partial charge on any atom is -0.357 e. The third-order valence-corrected chi connectivity index (χ3v) is 4.88. The van der Waals surface area contributed by atoms with Crippen LogP contribution in [0.2, 0.25) is 0 Å². The fraction of sp³-hybridized carbons (Fsp3) is 0.789. The summed E-state index contributed by atoms with van der Waals surface area (Å²) in [5.41, 5.74) is 1.13. The van der Waals surface area contributed by atoms with Crippen molar-refractivity contribution in [2.45, 2.75) is 59.0 Å². The molecule has 25 heavy (non-hydrogen) atoms. The van der Waals surface area contributed by atoms with Crippen LogP contribution in [0.3, 0.4) is 0 Å². The second-order valence-corrected chi connectivity index (χ2v) is 7.36. The molecule has 1 aromatic rings. The zero-order valence-electron chi connectivity index (χ0n) is 16.5. The van der Waals surface area contributed by atoms with Crippen LogP contribution in [0.25, 0.3) is 0 Å². The molecule has 0 saturated carbocycles. The summed E-state index contributed by atoms with van der Waals surface area (Å²) in [6.45, 7) is 11.7. The molecule has 0 spiro atoms. The monoisotopic (exact) mass is 348 g/mol. The first kappa shape index (κ1) is 19.8. The molecule has 6 nitrogen and oxygen atoms in total. The fourth-order valence-corrected chi connectivity index (χ4v) is 3.48. The molecule has 1 aliphatic rings. The molecule has 2 heterocycles. The average molecular weight is 349 g/mol. The Morgan fingerprint density at radius 2 is 1.92 bits per heavy atom. The summed E-state index contributed by atoms with van der Waals surface area (Å²) in [6.07, 6.45) is 9.31. The van der Waals surface area contributed by atoms with E-state index in [0.29, 0.717) is 18.5 Å².